The number of carbonyl (C=O) groups excluding carboxylic acids is 1. The van der Waals surface area contributed by atoms with E-state index in [1.807, 2.05) is 25.1 Å². The maximum atomic E-state index is 12.3. The highest BCUT2D eigenvalue weighted by Crippen LogP contribution is 2.17. The fourth-order valence-electron chi connectivity index (χ4n) is 2.30. The van der Waals surface area contributed by atoms with Crippen molar-refractivity contribution in [3.8, 4) is 5.75 Å². The van der Waals surface area contributed by atoms with E-state index in [0.29, 0.717) is 11.4 Å². The molecule has 28 heavy (non-hydrogen) atoms. The van der Waals surface area contributed by atoms with Gasteiger partial charge >= 0.3 is 0 Å². The van der Waals surface area contributed by atoms with Gasteiger partial charge in [-0.1, -0.05) is 12.1 Å². The molecule has 0 bridgehead atoms. The van der Waals surface area contributed by atoms with Crippen LogP contribution in [0.4, 0.5) is 11.6 Å². The molecule has 8 nitrogen and oxygen atoms in total. The topological polar surface area (TPSA) is 110 Å². The van der Waals surface area contributed by atoms with Crippen molar-refractivity contribution >= 4 is 27.6 Å². The Morgan fingerprint density at radius 3 is 2.43 bits per heavy atom. The zero-order chi connectivity index (χ0) is 20.0. The monoisotopic (exact) mass is 398 g/mol. The molecule has 0 aliphatic rings. The summed E-state index contributed by atoms with van der Waals surface area (Å²) in [6.07, 6.45) is 2.87. The second kappa shape index (κ2) is 8.49. The minimum absolute atomic E-state index is 0.0202. The number of aromatic nitrogens is 2. The number of rotatable bonds is 7. The van der Waals surface area contributed by atoms with Crippen LogP contribution >= 0.6 is 0 Å². The average molecular weight is 398 g/mol. The van der Waals surface area contributed by atoms with Crippen molar-refractivity contribution in [3.05, 3.63) is 72.6 Å². The van der Waals surface area contributed by atoms with Crippen molar-refractivity contribution < 1.29 is 17.9 Å². The Kier molecular flexibility index (Phi) is 5.85. The van der Waals surface area contributed by atoms with E-state index in [0.717, 1.165) is 5.56 Å². The Morgan fingerprint density at radius 2 is 1.75 bits per heavy atom. The summed E-state index contributed by atoms with van der Waals surface area (Å²) >= 11 is 0. The van der Waals surface area contributed by atoms with E-state index in [1.54, 1.807) is 12.1 Å². The molecule has 0 unspecified atom stereocenters. The van der Waals surface area contributed by atoms with Gasteiger partial charge in [-0.3, -0.25) is 4.79 Å². The van der Waals surface area contributed by atoms with Gasteiger partial charge in [-0.2, -0.15) is 0 Å². The molecule has 0 saturated heterocycles. The lowest BCUT2D eigenvalue weighted by atomic mass is 10.2. The van der Waals surface area contributed by atoms with E-state index < -0.39 is 10.0 Å². The quantitative estimate of drug-likeness (QED) is 0.633. The lowest BCUT2D eigenvalue weighted by Crippen LogP contribution is -2.20. The summed E-state index contributed by atoms with van der Waals surface area (Å²) in [6, 6.07) is 14.7. The Labute approximate surface area is 162 Å². The number of hydrogen-bond donors (Lipinski definition) is 2. The van der Waals surface area contributed by atoms with Crippen molar-refractivity contribution in [2.75, 3.05) is 16.6 Å². The van der Waals surface area contributed by atoms with Crippen LogP contribution in [0.15, 0.2) is 71.9 Å². The third-order valence-electron chi connectivity index (χ3n) is 3.60. The van der Waals surface area contributed by atoms with Gasteiger partial charge < -0.3 is 10.1 Å². The Hall–Kier alpha value is -3.46. The van der Waals surface area contributed by atoms with Gasteiger partial charge in [-0.25, -0.2) is 23.1 Å². The summed E-state index contributed by atoms with van der Waals surface area (Å²) < 4.78 is 32.4. The highest BCUT2D eigenvalue weighted by Gasteiger charge is 2.15. The smallest absolute Gasteiger partial charge is 0.264 e. The molecule has 0 atom stereocenters. The second-order valence-corrected chi connectivity index (χ2v) is 7.54. The first kappa shape index (κ1) is 19.3. The van der Waals surface area contributed by atoms with Crippen LogP contribution in [0.1, 0.15) is 5.56 Å². The number of carbonyl (C=O) groups is 1. The third-order valence-corrected chi connectivity index (χ3v) is 4.94. The molecule has 1 aromatic heterocycles. The molecule has 0 aliphatic heterocycles. The Bertz CT molecular complexity index is 1050. The molecule has 1 heterocycles. The van der Waals surface area contributed by atoms with Crippen LogP contribution in [0.25, 0.3) is 0 Å². The fraction of sp³-hybridized carbons (Fsp3) is 0.105. The van der Waals surface area contributed by atoms with Gasteiger partial charge in [0.1, 0.15) is 5.75 Å². The van der Waals surface area contributed by atoms with E-state index in [-0.39, 0.29) is 23.4 Å². The maximum absolute atomic E-state index is 12.3. The number of sulfonamides is 1. The van der Waals surface area contributed by atoms with Crippen LogP contribution in [0, 0.1) is 6.92 Å². The molecule has 2 aromatic carbocycles. The summed E-state index contributed by atoms with van der Waals surface area (Å²) in [5, 5.41) is 2.65. The van der Waals surface area contributed by atoms with Crippen LogP contribution < -0.4 is 14.8 Å². The van der Waals surface area contributed by atoms with Crippen LogP contribution in [-0.2, 0) is 14.8 Å². The molecule has 1 amide bonds. The molecule has 3 rings (SSSR count). The van der Waals surface area contributed by atoms with Crippen LogP contribution in [0.2, 0.25) is 0 Å². The van der Waals surface area contributed by atoms with Crippen molar-refractivity contribution in [1.29, 1.82) is 0 Å². The summed E-state index contributed by atoms with van der Waals surface area (Å²) in [5.74, 6) is 0.229. The molecule has 0 spiro atoms. The van der Waals surface area contributed by atoms with Crippen molar-refractivity contribution in [3.63, 3.8) is 0 Å². The Morgan fingerprint density at radius 1 is 1.04 bits per heavy atom. The summed E-state index contributed by atoms with van der Waals surface area (Å²) in [6.45, 7) is 1.78. The number of nitrogens with zero attached hydrogens (tertiary/aromatic N) is 2. The summed E-state index contributed by atoms with van der Waals surface area (Å²) in [7, 11) is -3.82. The van der Waals surface area contributed by atoms with Crippen molar-refractivity contribution in [2.45, 2.75) is 11.8 Å². The molecule has 9 heteroatoms. The zero-order valence-electron chi connectivity index (χ0n) is 15.0. The SMILES string of the molecule is Cc1cccc(OCC(=O)Nc2ccc(S(=O)(=O)Nc3ncccn3)cc2)c1. The van der Waals surface area contributed by atoms with Gasteiger partial charge in [0.25, 0.3) is 15.9 Å². The number of anilines is 2. The molecule has 144 valence electrons. The van der Waals surface area contributed by atoms with Gasteiger partial charge in [-0.05, 0) is 55.0 Å². The first-order chi connectivity index (χ1) is 13.4. The minimum Gasteiger partial charge on any atom is -0.484 e. The van der Waals surface area contributed by atoms with Crippen LogP contribution in [0.3, 0.4) is 0 Å². The summed E-state index contributed by atoms with van der Waals surface area (Å²) in [4.78, 5) is 19.7. The lowest BCUT2D eigenvalue weighted by molar-refractivity contribution is -0.118. The van der Waals surface area contributed by atoms with Crippen LogP contribution in [-0.4, -0.2) is 30.9 Å². The molecular weight excluding hydrogens is 380 g/mol. The number of aryl methyl sites for hydroxylation is 1. The molecule has 0 fully saturated rings. The largest absolute Gasteiger partial charge is 0.484 e. The fourth-order valence-corrected chi connectivity index (χ4v) is 3.26. The van der Waals surface area contributed by atoms with Gasteiger partial charge in [0, 0.05) is 18.1 Å². The van der Waals surface area contributed by atoms with Gasteiger partial charge in [-0.15, -0.1) is 0 Å². The molecule has 0 aliphatic carbocycles. The zero-order valence-corrected chi connectivity index (χ0v) is 15.8. The number of hydrogen-bond acceptors (Lipinski definition) is 6. The second-order valence-electron chi connectivity index (χ2n) is 5.86. The minimum atomic E-state index is -3.82. The van der Waals surface area contributed by atoms with Gasteiger partial charge in [0.2, 0.25) is 5.95 Å². The Balaban J connectivity index is 1.58. The number of benzene rings is 2. The van der Waals surface area contributed by atoms with E-state index in [9.17, 15) is 13.2 Å². The van der Waals surface area contributed by atoms with Crippen molar-refractivity contribution in [1.82, 2.24) is 9.97 Å². The number of nitrogens with one attached hydrogen (secondary N) is 2. The predicted molar refractivity (Wildman–Crippen MR) is 105 cm³/mol. The third kappa shape index (κ3) is 5.27. The molecule has 2 N–H and O–H groups in total. The van der Waals surface area contributed by atoms with Gasteiger partial charge in [0.05, 0.1) is 4.90 Å². The first-order valence-electron chi connectivity index (χ1n) is 8.32. The maximum Gasteiger partial charge on any atom is 0.264 e. The van der Waals surface area contributed by atoms with Crippen molar-refractivity contribution in [2.24, 2.45) is 0 Å². The van der Waals surface area contributed by atoms with Gasteiger partial charge in [0.15, 0.2) is 6.61 Å². The molecule has 0 saturated carbocycles. The van der Waals surface area contributed by atoms with Crippen LogP contribution in [0.5, 0.6) is 5.75 Å². The van der Waals surface area contributed by atoms with E-state index in [1.165, 1.54) is 36.7 Å². The highest BCUT2D eigenvalue weighted by molar-refractivity contribution is 7.92. The predicted octanol–water partition coefficient (Wildman–Crippen LogP) is 2.60. The molecule has 0 radical (unpaired) electrons. The molecular formula is C19H18N4O4S. The average Bonchev–Trinajstić information content (AvgIpc) is 2.67. The number of ether oxygens (including phenoxy) is 1. The number of amides is 1. The van der Waals surface area contributed by atoms with E-state index >= 15 is 0 Å². The van der Waals surface area contributed by atoms with E-state index in [4.69, 9.17) is 4.74 Å². The van der Waals surface area contributed by atoms with E-state index in [2.05, 4.69) is 20.0 Å². The standard InChI is InChI=1S/C19H18N4O4S/c1-14-4-2-5-16(12-14)27-13-18(24)22-15-6-8-17(9-7-15)28(25,26)23-19-20-10-3-11-21-19/h2-12H,13H2,1H3,(H,22,24)(H,20,21,23). The summed E-state index contributed by atoms with van der Waals surface area (Å²) in [5.41, 5.74) is 1.48. The highest BCUT2D eigenvalue weighted by atomic mass is 32.2. The lowest BCUT2D eigenvalue weighted by Gasteiger charge is -2.09. The normalized spacial score (nSPS) is 10.9. The molecule has 3 aromatic rings. The first-order valence-corrected chi connectivity index (χ1v) is 9.80.